The minimum absolute atomic E-state index is 0.131. The van der Waals surface area contributed by atoms with Gasteiger partial charge in [-0.1, -0.05) is 0 Å². The van der Waals surface area contributed by atoms with Crippen molar-refractivity contribution in [2.24, 2.45) is 0 Å². The van der Waals surface area contributed by atoms with Crippen molar-refractivity contribution >= 4 is 17.2 Å². The molecule has 1 amide bonds. The highest BCUT2D eigenvalue weighted by molar-refractivity contribution is 7.07. The smallest absolute Gasteiger partial charge is 0.289 e. The molecule has 0 aliphatic carbocycles. The van der Waals surface area contributed by atoms with E-state index in [0.717, 1.165) is 5.69 Å². The molecule has 15 heavy (non-hydrogen) atoms. The number of thiazole rings is 1. The summed E-state index contributed by atoms with van der Waals surface area (Å²) < 4.78 is 5.03. The standard InChI is InChI=1S/C10H10N2O2S/c1-12(5-8-6-15-7-11-8)10(13)9-3-2-4-14-9/h2-4,6-7H,5H2,1H3. The Morgan fingerprint density at radius 3 is 3.13 bits per heavy atom. The SMILES string of the molecule is CN(Cc1cscn1)C(=O)c1ccco1. The van der Waals surface area contributed by atoms with Gasteiger partial charge < -0.3 is 9.32 Å². The van der Waals surface area contributed by atoms with Crippen molar-refractivity contribution in [3.8, 4) is 0 Å². The molecule has 2 rings (SSSR count). The summed E-state index contributed by atoms with van der Waals surface area (Å²) in [5.41, 5.74) is 2.64. The Hall–Kier alpha value is -1.62. The fourth-order valence-electron chi connectivity index (χ4n) is 1.22. The van der Waals surface area contributed by atoms with Crippen LogP contribution in [0.4, 0.5) is 0 Å². The molecule has 78 valence electrons. The van der Waals surface area contributed by atoms with Crippen LogP contribution >= 0.6 is 11.3 Å². The average Bonchev–Trinajstić information content (AvgIpc) is 2.88. The first-order valence-corrected chi connectivity index (χ1v) is 5.37. The number of nitrogens with zero attached hydrogens (tertiary/aromatic N) is 2. The maximum atomic E-state index is 11.7. The van der Waals surface area contributed by atoms with E-state index in [9.17, 15) is 4.79 Å². The number of carbonyl (C=O) groups is 1. The summed E-state index contributed by atoms with van der Waals surface area (Å²) in [6, 6.07) is 3.35. The molecule has 2 aromatic heterocycles. The highest BCUT2D eigenvalue weighted by Crippen LogP contribution is 2.08. The van der Waals surface area contributed by atoms with Gasteiger partial charge in [-0.05, 0) is 12.1 Å². The minimum atomic E-state index is -0.131. The van der Waals surface area contributed by atoms with Crippen molar-refractivity contribution in [1.82, 2.24) is 9.88 Å². The molecular formula is C10H10N2O2S. The van der Waals surface area contributed by atoms with E-state index >= 15 is 0 Å². The van der Waals surface area contributed by atoms with Gasteiger partial charge >= 0.3 is 0 Å². The molecule has 0 radical (unpaired) electrons. The van der Waals surface area contributed by atoms with Gasteiger partial charge in [0.2, 0.25) is 0 Å². The number of hydrogen-bond acceptors (Lipinski definition) is 4. The predicted molar refractivity (Wildman–Crippen MR) is 56.6 cm³/mol. The van der Waals surface area contributed by atoms with E-state index in [1.165, 1.54) is 17.6 Å². The summed E-state index contributed by atoms with van der Waals surface area (Å²) >= 11 is 1.52. The first kappa shape index (κ1) is 9.92. The Balaban J connectivity index is 2.03. The van der Waals surface area contributed by atoms with Gasteiger partial charge in [0.15, 0.2) is 5.76 Å². The first-order chi connectivity index (χ1) is 7.27. The van der Waals surface area contributed by atoms with Crippen LogP contribution in [0.5, 0.6) is 0 Å². The molecule has 5 heteroatoms. The molecule has 0 aromatic carbocycles. The topological polar surface area (TPSA) is 46.3 Å². The van der Waals surface area contributed by atoms with Crippen LogP contribution in [0.2, 0.25) is 0 Å². The Morgan fingerprint density at radius 1 is 1.67 bits per heavy atom. The first-order valence-electron chi connectivity index (χ1n) is 4.43. The normalized spacial score (nSPS) is 10.2. The van der Waals surface area contributed by atoms with Gasteiger partial charge in [-0.3, -0.25) is 4.79 Å². The summed E-state index contributed by atoms with van der Waals surface area (Å²) in [6.45, 7) is 0.503. The second-order valence-corrected chi connectivity index (χ2v) is 3.84. The number of furan rings is 1. The zero-order chi connectivity index (χ0) is 10.7. The lowest BCUT2D eigenvalue weighted by Crippen LogP contribution is -2.25. The molecule has 0 aliphatic rings. The van der Waals surface area contributed by atoms with Crippen molar-refractivity contribution in [2.75, 3.05) is 7.05 Å². The Bertz CT molecular complexity index is 422. The molecule has 0 N–H and O–H groups in total. The van der Waals surface area contributed by atoms with Crippen LogP contribution in [0.25, 0.3) is 0 Å². The lowest BCUT2D eigenvalue weighted by Gasteiger charge is -2.13. The molecule has 0 bridgehead atoms. The van der Waals surface area contributed by atoms with Crippen LogP contribution in [-0.2, 0) is 6.54 Å². The third-order valence-corrected chi connectivity index (χ3v) is 2.60. The fourth-order valence-corrected chi connectivity index (χ4v) is 1.77. The van der Waals surface area contributed by atoms with Crippen LogP contribution in [-0.4, -0.2) is 22.8 Å². The Kier molecular flexibility index (Phi) is 2.82. The van der Waals surface area contributed by atoms with E-state index in [4.69, 9.17) is 4.42 Å². The van der Waals surface area contributed by atoms with Crippen LogP contribution in [0.15, 0.2) is 33.7 Å². The monoisotopic (exact) mass is 222 g/mol. The third kappa shape index (κ3) is 2.24. The zero-order valence-electron chi connectivity index (χ0n) is 8.21. The van der Waals surface area contributed by atoms with Crippen molar-refractivity contribution in [3.63, 3.8) is 0 Å². The molecule has 2 heterocycles. The summed E-state index contributed by atoms with van der Waals surface area (Å²) in [7, 11) is 1.73. The predicted octanol–water partition coefficient (Wildman–Crippen LogP) is 2.01. The van der Waals surface area contributed by atoms with Crippen LogP contribution in [0.1, 0.15) is 16.2 Å². The lowest BCUT2D eigenvalue weighted by atomic mass is 10.3. The molecule has 0 atom stereocenters. The van der Waals surface area contributed by atoms with Gasteiger partial charge in [0, 0.05) is 12.4 Å². The molecule has 0 unspecified atom stereocenters. The van der Waals surface area contributed by atoms with Gasteiger partial charge in [-0.25, -0.2) is 4.98 Å². The summed E-state index contributed by atoms with van der Waals surface area (Å²) in [5.74, 6) is 0.223. The van der Waals surface area contributed by atoms with Gasteiger partial charge in [0.25, 0.3) is 5.91 Å². The van der Waals surface area contributed by atoms with Crippen molar-refractivity contribution in [3.05, 3.63) is 40.7 Å². The van der Waals surface area contributed by atoms with Crippen LogP contribution in [0, 0.1) is 0 Å². The van der Waals surface area contributed by atoms with Crippen molar-refractivity contribution < 1.29 is 9.21 Å². The molecule has 0 aliphatic heterocycles. The number of carbonyl (C=O) groups excluding carboxylic acids is 1. The zero-order valence-corrected chi connectivity index (χ0v) is 9.03. The van der Waals surface area contributed by atoms with E-state index in [1.807, 2.05) is 5.38 Å². The molecule has 4 nitrogen and oxygen atoms in total. The molecule has 2 aromatic rings. The second-order valence-electron chi connectivity index (χ2n) is 3.12. The second kappa shape index (κ2) is 4.27. The Morgan fingerprint density at radius 2 is 2.53 bits per heavy atom. The van der Waals surface area contributed by atoms with E-state index < -0.39 is 0 Å². The van der Waals surface area contributed by atoms with Gasteiger partial charge in [-0.15, -0.1) is 11.3 Å². The number of hydrogen-bond donors (Lipinski definition) is 0. The van der Waals surface area contributed by atoms with Gasteiger partial charge in [-0.2, -0.15) is 0 Å². The summed E-state index contributed by atoms with van der Waals surface area (Å²) in [6.07, 6.45) is 1.49. The number of rotatable bonds is 3. The number of aromatic nitrogens is 1. The average molecular weight is 222 g/mol. The van der Waals surface area contributed by atoms with E-state index in [1.54, 1.807) is 29.6 Å². The van der Waals surface area contributed by atoms with E-state index in [2.05, 4.69) is 4.98 Å². The van der Waals surface area contributed by atoms with Gasteiger partial charge in [0.05, 0.1) is 24.0 Å². The molecular weight excluding hydrogens is 212 g/mol. The molecule has 0 saturated heterocycles. The van der Waals surface area contributed by atoms with E-state index in [-0.39, 0.29) is 5.91 Å². The third-order valence-electron chi connectivity index (χ3n) is 1.96. The van der Waals surface area contributed by atoms with Crippen LogP contribution in [0.3, 0.4) is 0 Å². The van der Waals surface area contributed by atoms with E-state index in [0.29, 0.717) is 12.3 Å². The van der Waals surface area contributed by atoms with Crippen LogP contribution < -0.4 is 0 Å². The maximum absolute atomic E-state index is 11.7. The highest BCUT2D eigenvalue weighted by Gasteiger charge is 2.14. The highest BCUT2D eigenvalue weighted by atomic mass is 32.1. The molecule has 0 saturated carbocycles. The molecule has 0 fully saturated rings. The largest absolute Gasteiger partial charge is 0.459 e. The van der Waals surface area contributed by atoms with Crippen molar-refractivity contribution in [2.45, 2.75) is 6.54 Å². The fraction of sp³-hybridized carbons (Fsp3) is 0.200. The maximum Gasteiger partial charge on any atom is 0.289 e. The minimum Gasteiger partial charge on any atom is -0.459 e. The summed E-state index contributed by atoms with van der Waals surface area (Å²) in [5, 5.41) is 1.92. The Labute approximate surface area is 91.2 Å². The van der Waals surface area contributed by atoms with Gasteiger partial charge in [0.1, 0.15) is 0 Å². The summed E-state index contributed by atoms with van der Waals surface area (Å²) in [4.78, 5) is 17.4. The molecule has 0 spiro atoms. The lowest BCUT2D eigenvalue weighted by molar-refractivity contribution is 0.0752. The number of amides is 1. The quantitative estimate of drug-likeness (QED) is 0.798. The van der Waals surface area contributed by atoms with Crippen molar-refractivity contribution in [1.29, 1.82) is 0 Å².